The summed E-state index contributed by atoms with van der Waals surface area (Å²) in [6.07, 6.45) is 4.21. The Balaban J connectivity index is 1.64. The second-order valence-electron chi connectivity index (χ2n) is 8.69. The molecule has 0 aromatic rings. The molecule has 0 unspecified atom stereocenters. The highest BCUT2D eigenvalue weighted by Crippen LogP contribution is 2.62. The zero-order valence-corrected chi connectivity index (χ0v) is 14.6. The first-order valence-corrected chi connectivity index (χ1v) is 9.40. The van der Waals surface area contributed by atoms with Gasteiger partial charge in [0, 0.05) is 31.0 Å². The minimum Gasteiger partial charge on any atom is -0.461 e. The number of aliphatic hydroxyl groups is 1. The number of hydrogen-bond acceptors (Lipinski definition) is 5. The van der Waals surface area contributed by atoms with E-state index in [1.165, 1.54) is 0 Å². The zero-order chi connectivity index (χ0) is 17.1. The van der Waals surface area contributed by atoms with Crippen molar-refractivity contribution in [3.05, 3.63) is 0 Å². The Kier molecular flexibility index (Phi) is 3.81. The molecule has 5 heteroatoms. The van der Waals surface area contributed by atoms with Crippen LogP contribution in [0.4, 0.5) is 0 Å². The smallest absolute Gasteiger partial charge is 0.317 e. The summed E-state index contributed by atoms with van der Waals surface area (Å²) in [5, 5.41) is 11.8. The molecule has 4 fully saturated rings. The molecule has 0 aromatic heterocycles. The van der Waals surface area contributed by atoms with Gasteiger partial charge in [-0.3, -0.25) is 9.59 Å². The first kappa shape index (κ1) is 16.5. The summed E-state index contributed by atoms with van der Waals surface area (Å²) in [5.74, 6) is -0.585. The standard InChI is InChI=1S/C19H28O5/c1-11-9-14-16-15(17(21)24-14)13(20)4-6-18(16,2)19(11,22)7-3-12-5-8-23-10-12/h11-12,14-16,22H,3-10H2,1-2H3/t11-,12+,14-,15+,16+,18+,19-/m1/s1. The quantitative estimate of drug-likeness (QED) is 0.631. The molecule has 2 saturated carbocycles. The van der Waals surface area contributed by atoms with E-state index in [2.05, 4.69) is 13.8 Å². The molecule has 0 radical (unpaired) electrons. The van der Waals surface area contributed by atoms with Crippen molar-refractivity contribution in [1.29, 1.82) is 0 Å². The van der Waals surface area contributed by atoms with Crippen molar-refractivity contribution in [2.75, 3.05) is 13.2 Å². The van der Waals surface area contributed by atoms with Gasteiger partial charge in [-0.2, -0.15) is 0 Å². The summed E-state index contributed by atoms with van der Waals surface area (Å²) in [6.45, 7) is 5.77. The zero-order valence-electron chi connectivity index (χ0n) is 14.6. The summed E-state index contributed by atoms with van der Waals surface area (Å²) in [7, 11) is 0. The summed E-state index contributed by atoms with van der Waals surface area (Å²) in [4.78, 5) is 24.6. The largest absolute Gasteiger partial charge is 0.461 e. The van der Waals surface area contributed by atoms with Gasteiger partial charge in [0.25, 0.3) is 0 Å². The van der Waals surface area contributed by atoms with Gasteiger partial charge in [0.1, 0.15) is 17.8 Å². The third-order valence-corrected chi connectivity index (χ3v) is 7.60. The Morgan fingerprint density at radius 3 is 2.83 bits per heavy atom. The fourth-order valence-electron chi connectivity index (χ4n) is 6.05. The molecule has 4 aliphatic rings. The molecule has 134 valence electrons. The SMILES string of the molecule is C[C@@H]1C[C@H]2OC(=O)[C@H]3C(=O)CC[C@@](C)([C@H]32)[C@@]1(O)CC[C@H]1CCOC1. The van der Waals surface area contributed by atoms with Crippen molar-refractivity contribution < 1.29 is 24.2 Å². The van der Waals surface area contributed by atoms with E-state index >= 15 is 0 Å². The maximum Gasteiger partial charge on any atom is 0.317 e. The molecule has 1 N–H and O–H groups in total. The highest BCUT2D eigenvalue weighted by Gasteiger charge is 2.68. The number of Topliss-reactive ketones (excluding diaryl/α,β-unsaturated/α-hetero) is 1. The van der Waals surface area contributed by atoms with Crippen LogP contribution in [-0.2, 0) is 19.1 Å². The monoisotopic (exact) mass is 336 g/mol. The van der Waals surface area contributed by atoms with Crippen molar-refractivity contribution in [1.82, 2.24) is 0 Å². The number of carbonyl (C=O) groups excluding carboxylic acids is 2. The Bertz CT molecular complexity index is 554. The van der Waals surface area contributed by atoms with Crippen LogP contribution in [0.25, 0.3) is 0 Å². The Labute approximate surface area is 143 Å². The van der Waals surface area contributed by atoms with E-state index in [1.807, 2.05) is 0 Å². The number of rotatable bonds is 3. The molecule has 2 aliphatic carbocycles. The molecule has 0 spiro atoms. The Morgan fingerprint density at radius 2 is 2.12 bits per heavy atom. The molecular weight excluding hydrogens is 308 g/mol. The van der Waals surface area contributed by atoms with Crippen LogP contribution in [0.2, 0.25) is 0 Å². The predicted octanol–water partition coefficient (Wildman–Crippen LogP) is 2.10. The molecule has 2 heterocycles. The van der Waals surface area contributed by atoms with E-state index in [1.54, 1.807) is 0 Å². The van der Waals surface area contributed by atoms with Crippen molar-refractivity contribution in [2.45, 2.75) is 64.1 Å². The van der Waals surface area contributed by atoms with Crippen molar-refractivity contribution in [3.63, 3.8) is 0 Å². The van der Waals surface area contributed by atoms with E-state index in [-0.39, 0.29) is 29.7 Å². The van der Waals surface area contributed by atoms with Gasteiger partial charge in [-0.05, 0) is 43.9 Å². The average Bonchev–Trinajstić information content (AvgIpc) is 3.16. The van der Waals surface area contributed by atoms with Crippen LogP contribution < -0.4 is 0 Å². The lowest BCUT2D eigenvalue weighted by atomic mass is 9.47. The van der Waals surface area contributed by atoms with Gasteiger partial charge in [-0.15, -0.1) is 0 Å². The Morgan fingerprint density at radius 1 is 1.33 bits per heavy atom. The van der Waals surface area contributed by atoms with Gasteiger partial charge < -0.3 is 14.6 Å². The summed E-state index contributed by atoms with van der Waals surface area (Å²) < 4.78 is 11.0. The molecule has 2 aliphatic heterocycles. The number of ketones is 1. The third kappa shape index (κ3) is 2.13. The lowest BCUT2D eigenvalue weighted by molar-refractivity contribution is -0.209. The van der Waals surface area contributed by atoms with E-state index in [0.29, 0.717) is 25.2 Å². The molecule has 5 nitrogen and oxygen atoms in total. The number of carbonyl (C=O) groups is 2. The summed E-state index contributed by atoms with van der Waals surface area (Å²) in [6, 6.07) is 0. The van der Waals surface area contributed by atoms with Gasteiger partial charge >= 0.3 is 5.97 Å². The summed E-state index contributed by atoms with van der Waals surface area (Å²) in [5.41, 5.74) is -1.27. The van der Waals surface area contributed by atoms with Crippen LogP contribution in [0.5, 0.6) is 0 Å². The molecule has 0 amide bonds. The molecule has 2 saturated heterocycles. The molecule has 4 rings (SSSR count). The third-order valence-electron chi connectivity index (χ3n) is 7.60. The van der Waals surface area contributed by atoms with E-state index in [0.717, 1.165) is 32.5 Å². The van der Waals surface area contributed by atoms with Gasteiger partial charge in [-0.25, -0.2) is 0 Å². The lowest BCUT2D eigenvalue weighted by Gasteiger charge is -2.59. The van der Waals surface area contributed by atoms with Gasteiger partial charge in [0.05, 0.1) is 5.60 Å². The first-order chi connectivity index (χ1) is 11.4. The minimum absolute atomic E-state index is 0.00562. The van der Waals surface area contributed by atoms with Crippen molar-refractivity contribution in [3.8, 4) is 0 Å². The molecule has 7 atom stereocenters. The average molecular weight is 336 g/mol. The van der Waals surface area contributed by atoms with Crippen molar-refractivity contribution >= 4 is 11.8 Å². The topological polar surface area (TPSA) is 72.8 Å². The predicted molar refractivity (Wildman–Crippen MR) is 86.1 cm³/mol. The minimum atomic E-state index is -0.844. The molecule has 0 bridgehead atoms. The second-order valence-corrected chi connectivity index (χ2v) is 8.69. The van der Waals surface area contributed by atoms with Gasteiger partial charge in [0.2, 0.25) is 0 Å². The first-order valence-electron chi connectivity index (χ1n) is 9.40. The molecule has 24 heavy (non-hydrogen) atoms. The second kappa shape index (κ2) is 5.53. The van der Waals surface area contributed by atoms with Crippen LogP contribution in [-0.4, -0.2) is 41.8 Å². The summed E-state index contributed by atoms with van der Waals surface area (Å²) >= 11 is 0. The molecule has 0 aromatic carbocycles. The van der Waals surface area contributed by atoms with Crippen LogP contribution in [0.1, 0.15) is 52.4 Å². The van der Waals surface area contributed by atoms with E-state index in [4.69, 9.17) is 9.47 Å². The highest BCUT2D eigenvalue weighted by molar-refractivity contribution is 6.01. The lowest BCUT2D eigenvalue weighted by Crippen LogP contribution is -2.64. The fourth-order valence-corrected chi connectivity index (χ4v) is 6.05. The van der Waals surface area contributed by atoms with Gasteiger partial charge in [-0.1, -0.05) is 13.8 Å². The number of esters is 1. The van der Waals surface area contributed by atoms with E-state index < -0.39 is 16.9 Å². The van der Waals surface area contributed by atoms with Crippen LogP contribution in [0.3, 0.4) is 0 Å². The van der Waals surface area contributed by atoms with Gasteiger partial charge in [0.15, 0.2) is 0 Å². The van der Waals surface area contributed by atoms with Crippen LogP contribution in [0.15, 0.2) is 0 Å². The highest BCUT2D eigenvalue weighted by atomic mass is 16.6. The number of hydrogen-bond donors (Lipinski definition) is 1. The maximum atomic E-state index is 12.3. The maximum absolute atomic E-state index is 12.3. The Hall–Kier alpha value is -0.940. The van der Waals surface area contributed by atoms with E-state index in [9.17, 15) is 14.7 Å². The fraction of sp³-hybridized carbons (Fsp3) is 0.895. The van der Waals surface area contributed by atoms with Crippen LogP contribution >= 0.6 is 0 Å². The normalized spacial score (nSPS) is 50.7. The van der Waals surface area contributed by atoms with Crippen molar-refractivity contribution in [2.24, 2.45) is 29.1 Å². The number of ether oxygens (including phenoxy) is 2. The van der Waals surface area contributed by atoms with Crippen LogP contribution in [0, 0.1) is 29.1 Å². The molecular formula is C19H28O5.